The van der Waals surface area contributed by atoms with Crippen LogP contribution in [0.2, 0.25) is 0 Å². The van der Waals surface area contributed by atoms with Crippen molar-refractivity contribution in [2.45, 2.75) is 44.8 Å². The molecule has 16 heavy (non-hydrogen) atoms. The molecule has 90 valence electrons. The summed E-state index contributed by atoms with van der Waals surface area (Å²) in [6.07, 6.45) is 4.23. The van der Waals surface area contributed by atoms with Crippen LogP contribution in [0.4, 0.5) is 0 Å². The Morgan fingerprint density at radius 2 is 2.44 bits per heavy atom. The Morgan fingerprint density at radius 1 is 1.56 bits per heavy atom. The summed E-state index contributed by atoms with van der Waals surface area (Å²) in [5.74, 6) is 0.670. The fraction of sp³-hybridized carbons (Fsp3) is 0.692. The maximum atomic E-state index is 9.48. The quantitative estimate of drug-likeness (QED) is 0.828. The van der Waals surface area contributed by atoms with Crippen molar-refractivity contribution in [3.8, 4) is 0 Å². The first-order chi connectivity index (χ1) is 7.79. The van der Waals surface area contributed by atoms with Crippen molar-refractivity contribution in [1.29, 1.82) is 0 Å². The van der Waals surface area contributed by atoms with E-state index in [-0.39, 0.29) is 6.10 Å². The van der Waals surface area contributed by atoms with Crippen molar-refractivity contribution in [3.63, 3.8) is 0 Å². The summed E-state index contributed by atoms with van der Waals surface area (Å²) in [4.78, 5) is 1.43. The molecule has 0 radical (unpaired) electrons. The van der Waals surface area contributed by atoms with Crippen LogP contribution in [0.25, 0.3) is 0 Å². The van der Waals surface area contributed by atoms with Gasteiger partial charge in [-0.2, -0.15) is 0 Å². The van der Waals surface area contributed by atoms with Crippen molar-refractivity contribution >= 4 is 11.3 Å². The zero-order valence-electron chi connectivity index (χ0n) is 9.86. The van der Waals surface area contributed by atoms with Gasteiger partial charge in [0.25, 0.3) is 0 Å². The number of hydrogen-bond acceptors (Lipinski definition) is 3. The molecule has 0 spiro atoms. The van der Waals surface area contributed by atoms with Crippen LogP contribution in [0, 0.1) is 5.92 Å². The van der Waals surface area contributed by atoms with Gasteiger partial charge in [0.15, 0.2) is 0 Å². The number of rotatable bonds is 5. The summed E-state index contributed by atoms with van der Waals surface area (Å²) < 4.78 is 0. The summed E-state index contributed by atoms with van der Waals surface area (Å²) in [5.41, 5.74) is 0. The molecular weight excluding hydrogens is 218 g/mol. The largest absolute Gasteiger partial charge is 0.393 e. The second-order valence-electron chi connectivity index (χ2n) is 4.72. The topological polar surface area (TPSA) is 32.3 Å². The Morgan fingerprint density at radius 3 is 3.00 bits per heavy atom. The summed E-state index contributed by atoms with van der Waals surface area (Å²) >= 11 is 1.83. The lowest BCUT2D eigenvalue weighted by Gasteiger charge is -2.18. The zero-order chi connectivity index (χ0) is 11.4. The molecule has 0 amide bonds. The van der Waals surface area contributed by atoms with Gasteiger partial charge in [0.05, 0.1) is 6.10 Å². The van der Waals surface area contributed by atoms with Crippen LogP contribution in [0.5, 0.6) is 0 Å². The van der Waals surface area contributed by atoms with Gasteiger partial charge in [0, 0.05) is 10.9 Å². The maximum absolute atomic E-state index is 9.48. The first-order valence-electron chi connectivity index (χ1n) is 6.24. The molecule has 2 N–H and O–H groups in total. The van der Waals surface area contributed by atoms with Gasteiger partial charge in [-0.1, -0.05) is 13.0 Å². The number of aliphatic hydroxyl groups excluding tert-OH is 1. The number of nitrogens with one attached hydrogen (secondary N) is 1. The van der Waals surface area contributed by atoms with E-state index < -0.39 is 0 Å². The van der Waals surface area contributed by atoms with E-state index >= 15 is 0 Å². The molecule has 1 saturated carbocycles. The zero-order valence-corrected chi connectivity index (χ0v) is 10.7. The molecular formula is C13H21NOS. The van der Waals surface area contributed by atoms with E-state index in [2.05, 4.69) is 29.8 Å². The number of hydrogen-bond donors (Lipinski definition) is 2. The second-order valence-corrected chi connectivity index (χ2v) is 5.70. The third kappa shape index (κ3) is 3.06. The van der Waals surface area contributed by atoms with E-state index in [1.54, 1.807) is 0 Å². The summed E-state index contributed by atoms with van der Waals surface area (Å²) in [6.45, 7) is 3.27. The van der Waals surface area contributed by atoms with Crippen molar-refractivity contribution in [2.24, 2.45) is 5.92 Å². The molecule has 2 rings (SSSR count). The minimum atomic E-state index is -0.0476. The molecule has 1 aliphatic rings. The summed E-state index contributed by atoms with van der Waals surface area (Å²) in [7, 11) is 0. The lowest BCUT2D eigenvalue weighted by Crippen LogP contribution is -2.25. The standard InChI is InChI=1S/C13H21NOS/c1-2-12(13-4-3-7-16-13)14-9-10-5-6-11(15)8-10/h3-4,7,10-12,14-15H,2,5-6,8-9H2,1H3. The van der Waals surface area contributed by atoms with Crippen LogP contribution in [-0.4, -0.2) is 17.8 Å². The molecule has 2 nitrogen and oxygen atoms in total. The lowest BCUT2D eigenvalue weighted by molar-refractivity contribution is 0.177. The van der Waals surface area contributed by atoms with Gasteiger partial charge in [-0.25, -0.2) is 0 Å². The van der Waals surface area contributed by atoms with Crippen LogP contribution in [0.3, 0.4) is 0 Å². The SMILES string of the molecule is CCC(NCC1CCC(O)C1)c1cccs1. The highest BCUT2D eigenvalue weighted by Crippen LogP contribution is 2.27. The van der Waals surface area contributed by atoms with Crippen molar-refractivity contribution in [1.82, 2.24) is 5.32 Å². The van der Waals surface area contributed by atoms with Gasteiger partial charge in [0.1, 0.15) is 0 Å². The third-order valence-electron chi connectivity index (χ3n) is 3.46. The van der Waals surface area contributed by atoms with Crippen LogP contribution in [-0.2, 0) is 0 Å². The third-order valence-corrected chi connectivity index (χ3v) is 4.45. The lowest BCUT2D eigenvalue weighted by atomic mass is 10.1. The molecule has 1 fully saturated rings. The number of aliphatic hydroxyl groups is 1. The smallest absolute Gasteiger partial charge is 0.0543 e. The van der Waals surface area contributed by atoms with E-state index in [4.69, 9.17) is 0 Å². The molecule has 3 heteroatoms. The van der Waals surface area contributed by atoms with E-state index in [0.29, 0.717) is 12.0 Å². The minimum absolute atomic E-state index is 0.0476. The highest BCUT2D eigenvalue weighted by molar-refractivity contribution is 7.10. The molecule has 1 aromatic heterocycles. The van der Waals surface area contributed by atoms with Gasteiger partial charge in [-0.05, 0) is 49.6 Å². The molecule has 1 aromatic rings. The van der Waals surface area contributed by atoms with Gasteiger partial charge in [0.2, 0.25) is 0 Å². The van der Waals surface area contributed by atoms with Crippen LogP contribution < -0.4 is 5.32 Å². The van der Waals surface area contributed by atoms with Crippen LogP contribution in [0.1, 0.15) is 43.5 Å². The fourth-order valence-electron chi connectivity index (χ4n) is 2.48. The molecule has 0 saturated heterocycles. The maximum Gasteiger partial charge on any atom is 0.0543 e. The summed E-state index contributed by atoms with van der Waals surface area (Å²) in [6, 6.07) is 4.82. The molecule has 1 aliphatic carbocycles. The predicted molar refractivity (Wildman–Crippen MR) is 68.7 cm³/mol. The van der Waals surface area contributed by atoms with E-state index in [1.807, 2.05) is 11.3 Å². The van der Waals surface area contributed by atoms with Crippen molar-refractivity contribution in [2.75, 3.05) is 6.54 Å². The molecule has 1 heterocycles. The molecule has 0 aliphatic heterocycles. The predicted octanol–water partition coefficient (Wildman–Crippen LogP) is 2.95. The Balaban J connectivity index is 1.79. The van der Waals surface area contributed by atoms with Crippen molar-refractivity contribution < 1.29 is 5.11 Å². The normalized spacial score (nSPS) is 27.1. The highest BCUT2D eigenvalue weighted by atomic mass is 32.1. The highest BCUT2D eigenvalue weighted by Gasteiger charge is 2.23. The Kier molecular flexibility index (Phi) is 4.38. The molecule has 3 unspecified atom stereocenters. The molecule has 0 bridgehead atoms. The Bertz CT molecular complexity index is 299. The first-order valence-corrected chi connectivity index (χ1v) is 7.12. The van der Waals surface area contributed by atoms with Gasteiger partial charge >= 0.3 is 0 Å². The molecule has 0 aromatic carbocycles. The molecule has 3 atom stereocenters. The summed E-state index contributed by atoms with van der Waals surface area (Å²) in [5, 5.41) is 15.3. The van der Waals surface area contributed by atoms with Crippen LogP contribution >= 0.6 is 11.3 Å². The van der Waals surface area contributed by atoms with Gasteiger partial charge in [-0.3, -0.25) is 0 Å². The fourth-order valence-corrected chi connectivity index (χ4v) is 3.36. The average molecular weight is 239 g/mol. The second kappa shape index (κ2) is 5.80. The van der Waals surface area contributed by atoms with E-state index in [0.717, 1.165) is 25.8 Å². The van der Waals surface area contributed by atoms with Crippen molar-refractivity contribution in [3.05, 3.63) is 22.4 Å². The van der Waals surface area contributed by atoms with E-state index in [9.17, 15) is 5.11 Å². The van der Waals surface area contributed by atoms with Crippen LogP contribution in [0.15, 0.2) is 17.5 Å². The van der Waals surface area contributed by atoms with Gasteiger partial charge < -0.3 is 10.4 Å². The van der Waals surface area contributed by atoms with E-state index in [1.165, 1.54) is 11.3 Å². The first kappa shape index (κ1) is 12.1. The minimum Gasteiger partial charge on any atom is -0.393 e. The average Bonchev–Trinajstić information content (AvgIpc) is 2.91. The number of thiophene rings is 1. The monoisotopic (exact) mass is 239 g/mol. The van der Waals surface area contributed by atoms with Gasteiger partial charge in [-0.15, -0.1) is 11.3 Å². The Hall–Kier alpha value is -0.380. The Labute approximate surface area is 102 Å².